The molecule has 0 aliphatic rings. The molecule has 1 amide bonds. The molecule has 9 heteroatoms. The highest BCUT2D eigenvalue weighted by Crippen LogP contribution is 2.29. The van der Waals surface area contributed by atoms with Crippen LogP contribution in [0.5, 0.6) is 5.75 Å². The van der Waals surface area contributed by atoms with Gasteiger partial charge in [0.05, 0.1) is 24.1 Å². The number of hydrogen-bond acceptors (Lipinski definition) is 5. The number of amides is 1. The third-order valence-electron chi connectivity index (χ3n) is 3.77. The molecular formula is C19H17BrN2O4S2. The Morgan fingerprint density at radius 2 is 1.89 bits per heavy atom. The van der Waals surface area contributed by atoms with Gasteiger partial charge in [-0.25, -0.2) is 8.42 Å². The largest absolute Gasteiger partial charge is 0.495 e. The number of ether oxygens (including phenoxy) is 1. The summed E-state index contributed by atoms with van der Waals surface area (Å²) in [5, 5.41) is 4.62. The standard InChI is InChI=1S/C19H17BrN2O4S2/c1-26-18-9-8-16(28(24,25)22-14-6-4-13(20)5-7-14)12-17(18)21-19(23)11-15-3-2-10-27-15/h2-10,12,22H,11H2,1H3,(H,21,23). The maximum atomic E-state index is 12.7. The fourth-order valence-electron chi connectivity index (χ4n) is 2.45. The summed E-state index contributed by atoms with van der Waals surface area (Å²) in [6.45, 7) is 0. The lowest BCUT2D eigenvalue weighted by Crippen LogP contribution is -2.16. The molecule has 3 aromatic rings. The quantitative estimate of drug-likeness (QED) is 0.521. The molecular weight excluding hydrogens is 464 g/mol. The van der Waals surface area contributed by atoms with E-state index in [1.165, 1.54) is 36.6 Å². The Morgan fingerprint density at radius 1 is 1.14 bits per heavy atom. The summed E-state index contributed by atoms with van der Waals surface area (Å²) in [6.07, 6.45) is 0.203. The van der Waals surface area contributed by atoms with Crippen LogP contribution in [0, 0.1) is 0 Å². The number of carbonyl (C=O) groups excluding carboxylic acids is 1. The number of thiophene rings is 1. The molecule has 6 nitrogen and oxygen atoms in total. The first-order valence-corrected chi connectivity index (χ1v) is 11.3. The van der Waals surface area contributed by atoms with Gasteiger partial charge in [0.2, 0.25) is 5.91 Å². The highest BCUT2D eigenvalue weighted by molar-refractivity contribution is 9.10. The lowest BCUT2D eigenvalue weighted by atomic mass is 10.2. The van der Waals surface area contributed by atoms with Crippen molar-refractivity contribution in [3.05, 3.63) is 69.3 Å². The average molecular weight is 481 g/mol. The van der Waals surface area contributed by atoms with Crippen LogP contribution in [0.1, 0.15) is 4.88 Å². The van der Waals surface area contributed by atoms with Gasteiger partial charge in [0.25, 0.3) is 10.0 Å². The Balaban J connectivity index is 1.82. The molecule has 0 aliphatic heterocycles. The summed E-state index contributed by atoms with van der Waals surface area (Å²) >= 11 is 4.79. The van der Waals surface area contributed by atoms with Gasteiger partial charge in [-0.2, -0.15) is 0 Å². The van der Waals surface area contributed by atoms with E-state index in [2.05, 4.69) is 26.0 Å². The number of halogens is 1. The SMILES string of the molecule is COc1ccc(S(=O)(=O)Nc2ccc(Br)cc2)cc1NC(=O)Cc1cccs1. The van der Waals surface area contributed by atoms with Crippen LogP contribution in [0.3, 0.4) is 0 Å². The predicted molar refractivity (Wildman–Crippen MR) is 115 cm³/mol. The third kappa shape index (κ3) is 5.12. The van der Waals surface area contributed by atoms with Gasteiger partial charge < -0.3 is 10.1 Å². The predicted octanol–water partition coefficient (Wildman–Crippen LogP) is 4.50. The second-order valence-corrected chi connectivity index (χ2v) is 9.41. The summed E-state index contributed by atoms with van der Waals surface area (Å²) in [6, 6.07) is 14.8. The zero-order chi connectivity index (χ0) is 20.1. The van der Waals surface area contributed by atoms with Crippen LogP contribution in [-0.2, 0) is 21.2 Å². The van der Waals surface area contributed by atoms with E-state index >= 15 is 0 Å². The van der Waals surface area contributed by atoms with Crippen LogP contribution in [0.15, 0.2) is 69.3 Å². The Bertz CT molecular complexity index is 1070. The monoisotopic (exact) mass is 480 g/mol. The van der Waals surface area contributed by atoms with E-state index in [1.807, 2.05) is 17.5 Å². The molecule has 3 rings (SSSR count). The number of nitrogens with one attached hydrogen (secondary N) is 2. The van der Waals surface area contributed by atoms with Gasteiger partial charge in [-0.15, -0.1) is 11.3 Å². The lowest BCUT2D eigenvalue weighted by Gasteiger charge is -2.13. The van der Waals surface area contributed by atoms with Crippen molar-refractivity contribution in [2.45, 2.75) is 11.3 Å². The second kappa shape index (κ2) is 8.76. The first kappa shape index (κ1) is 20.4. The summed E-state index contributed by atoms with van der Waals surface area (Å²) in [5.41, 5.74) is 0.727. The lowest BCUT2D eigenvalue weighted by molar-refractivity contribution is -0.115. The topological polar surface area (TPSA) is 84.5 Å². The maximum absolute atomic E-state index is 12.7. The van der Waals surface area contributed by atoms with Crippen molar-refractivity contribution in [1.29, 1.82) is 0 Å². The van der Waals surface area contributed by atoms with Crippen LogP contribution in [0.2, 0.25) is 0 Å². The van der Waals surface area contributed by atoms with Crippen LogP contribution < -0.4 is 14.8 Å². The normalized spacial score (nSPS) is 11.1. The van der Waals surface area contributed by atoms with Crippen molar-refractivity contribution in [3.63, 3.8) is 0 Å². The van der Waals surface area contributed by atoms with E-state index in [1.54, 1.807) is 24.3 Å². The third-order valence-corrected chi connectivity index (χ3v) is 6.55. The Kier molecular flexibility index (Phi) is 6.38. The molecule has 0 unspecified atom stereocenters. The minimum absolute atomic E-state index is 0.0163. The van der Waals surface area contributed by atoms with E-state index in [-0.39, 0.29) is 17.2 Å². The molecule has 28 heavy (non-hydrogen) atoms. The minimum atomic E-state index is -3.83. The van der Waals surface area contributed by atoms with Gasteiger partial charge in [0.1, 0.15) is 5.75 Å². The zero-order valence-corrected chi connectivity index (χ0v) is 18.0. The molecule has 1 heterocycles. The first-order chi connectivity index (χ1) is 13.4. The second-order valence-electron chi connectivity index (χ2n) is 5.78. The number of rotatable bonds is 7. The number of sulfonamides is 1. The Labute approximate surface area is 175 Å². The number of methoxy groups -OCH3 is 1. The van der Waals surface area contributed by atoms with E-state index < -0.39 is 10.0 Å². The zero-order valence-electron chi connectivity index (χ0n) is 14.8. The van der Waals surface area contributed by atoms with E-state index in [0.717, 1.165) is 9.35 Å². The van der Waals surface area contributed by atoms with Crippen LogP contribution >= 0.6 is 27.3 Å². The number of carbonyl (C=O) groups is 1. The smallest absolute Gasteiger partial charge is 0.261 e. The van der Waals surface area contributed by atoms with Crippen molar-refractivity contribution in [2.24, 2.45) is 0 Å². The van der Waals surface area contributed by atoms with E-state index in [0.29, 0.717) is 17.1 Å². The molecule has 0 radical (unpaired) electrons. The molecule has 0 atom stereocenters. The Morgan fingerprint density at radius 3 is 2.54 bits per heavy atom. The fraction of sp³-hybridized carbons (Fsp3) is 0.105. The maximum Gasteiger partial charge on any atom is 0.261 e. The summed E-state index contributed by atoms with van der Waals surface area (Å²) in [7, 11) is -2.37. The van der Waals surface area contributed by atoms with Crippen LogP contribution in [0.4, 0.5) is 11.4 Å². The summed E-state index contributed by atoms with van der Waals surface area (Å²) in [5.74, 6) is 0.123. The Hall–Kier alpha value is -2.36. The number of hydrogen-bond donors (Lipinski definition) is 2. The van der Waals surface area contributed by atoms with Crippen LogP contribution in [0.25, 0.3) is 0 Å². The molecule has 0 spiro atoms. The minimum Gasteiger partial charge on any atom is -0.495 e. The molecule has 0 saturated carbocycles. The van der Waals surface area contributed by atoms with Crippen molar-refractivity contribution in [3.8, 4) is 5.75 Å². The van der Waals surface area contributed by atoms with E-state index in [4.69, 9.17) is 4.74 Å². The molecule has 1 aromatic heterocycles. The highest BCUT2D eigenvalue weighted by atomic mass is 79.9. The van der Waals surface area contributed by atoms with Crippen molar-refractivity contribution in [2.75, 3.05) is 17.1 Å². The van der Waals surface area contributed by atoms with Crippen molar-refractivity contribution < 1.29 is 17.9 Å². The van der Waals surface area contributed by atoms with E-state index in [9.17, 15) is 13.2 Å². The van der Waals surface area contributed by atoms with Crippen molar-refractivity contribution >= 4 is 54.6 Å². The van der Waals surface area contributed by atoms with Crippen molar-refractivity contribution in [1.82, 2.24) is 0 Å². The summed E-state index contributed by atoms with van der Waals surface area (Å²) in [4.78, 5) is 13.2. The molecule has 0 saturated heterocycles. The van der Waals surface area contributed by atoms with Crippen LogP contribution in [-0.4, -0.2) is 21.4 Å². The van der Waals surface area contributed by atoms with Gasteiger partial charge in [0, 0.05) is 15.0 Å². The molecule has 2 aromatic carbocycles. The molecule has 0 bridgehead atoms. The van der Waals surface area contributed by atoms with Gasteiger partial charge in [-0.05, 0) is 53.9 Å². The average Bonchev–Trinajstić information content (AvgIpc) is 3.16. The fourth-order valence-corrected chi connectivity index (χ4v) is 4.50. The number of benzene rings is 2. The molecule has 146 valence electrons. The van der Waals surface area contributed by atoms with Gasteiger partial charge in [-0.1, -0.05) is 22.0 Å². The van der Waals surface area contributed by atoms with Gasteiger partial charge >= 0.3 is 0 Å². The van der Waals surface area contributed by atoms with Gasteiger partial charge in [-0.3, -0.25) is 9.52 Å². The molecule has 0 fully saturated rings. The number of anilines is 2. The highest BCUT2D eigenvalue weighted by Gasteiger charge is 2.18. The first-order valence-electron chi connectivity index (χ1n) is 8.16. The summed E-state index contributed by atoms with van der Waals surface area (Å²) < 4.78 is 34.0. The van der Waals surface area contributed by atoms with Gasteiger partial charge in [0.15, 0.2) is 0 Å². The molecule has 2 N–H and O–H groups in total. The molecule has 0 aliphatic carbocycles.